The van der Waals surface area contributed by atoms with E-state index in [2.05, 4.69) is 39.3 Å². The molecule has 0 bridgehead atoms. The molecule has 0 aromatic carbocycles. The van der Waals surface area contributed by atoms with E-state index in [0.717, 1.165) is 12.5 Å². The van der Waals surface area contributed by atoms with Gasteiger partial charge in [0.05, 0.1) is 0 Å². The molecule has 0 amide bonds. The summed E-state index contributed by atoms with van der Waals surface area (Å²) in [5.41, 5.74) is 3.83. The van der Waals surface area contributed by atoms with Crippen molar-refractivity contribution in [2.75, 3.05) is 12.5 Å². The zero-order valence-corrected chi connectivity index (χ0v) is 17.3. The lowest BCUT2D eigenvalue weighted by Crippen LogP contribution is -2.57. The van der Waals surface area contributed by atoms with Gasteiger partial charge in [0.2, 0.25) is 16.6 Å². The van der Waals surface area contributed by atoms with Gasteiger partial charge in [-0.2, -0.15) is 0 Å². The van der Waals surface area contributed by atoms with Crippen molar-refractivity contribution < 1.29 is 12.7 Å². The van der Waals surface area contributed by atoms with Gasteiger partial charge in [-0.15, -0.1) is 24.8 Å². The van der Waals surface area contributed by atoms with E-state index in [0.29, 0.717) is 12.5 Å². The molecule has 0 aliphatic rings. The Hall–Kier alpha value is 0.301. The summed E-state index contributed by atoms with van der Waals surface area (Å²) in [4.78, 5) is 0. The summed E-state index contributed by atoms with van der Waals surface area (Å²) in [5.74, 6) is 0.584. The van der Waals surface area contributed by atoms with Gasteiger partial charge in [0, 0.05) is 18.5 Å². The minimum Gasteiger partial charge on any atom is -0.412 e. The Morgan fingerprint density at radius 3 is 1.75 bits per heavy atom. The molecule has 0 rings (SSSR count). The van der Waals surface area contributed by atoms with Crippen LogP contribution < -0.4 is 0 Å². The molecule has 0 unspecified atom stereocenters. The molecular weight excluding hydrogens is 324 g/mol. The van der Waals surface area contributed by atoms with E-state index in [1.807, 2.05) is 18.3 Å². The fraction of sp³-hybridized carbons (Fsp3) is 0.692. The molecule has 118 valence electrons. The Morgan fingerprint density at radius 2 is 1.45 bits per heavy atom. The topological polar surface area (TPSA) is 27.7 Å². The first-order chi connectivity index (χ1) is 9.16. The molecule has 0 N–H and O–H groups in total. The van der Waals surface area contributed by atoms with Crippen molar-refractivity contribution in [2.24, 2.45) is 0 Å². The number of hydrogen-bond donors (Lipinski definition) is 0. The number of rotatable bonds is 11. The van der Waals surface area contributed by atoms with Crippen LogP contribution in [0.1, 0.15) is 13.3 Å². The molecule has 0 aliphatic carbocycles. The Kier molecular flexibility index (Phi) is 8.80. The van der Waals surface area contributed by atoms with Gasteiger partial charge in [0.25, 0.3) is 0 Å². The highest BCUT2D eigenvalue weighted by atomic mass is 35.5. The van der Waals surface area contributed by atoms with Crippen LogP contribution in [0.4, 0.5) is 0 Å². The predicted molar refractivity (Wildman–Crippen MR) is 95.1 cm³/mol. The van der Waals surface area contributed by atoms with Crippen LogP contribution >= 0.6 is 11.6 Å². The van der Waals surface area contributed by atoms with Crippen LogP contribution in [-0.4, -0.2) is 37.9 Å². The third kappa shape index (κ3) is 7.35. The average molecular weight is 353 g/mol. The summed E-state index contributed by atoms with van der Waals surface area (Å²) in [7, 11) is -6.72. The molecular formula is C13H29ClO3Si3. The van der Waals surface area contributed by atoms with Crippen LogP contribution in [0.25, 0.3) is 0 Å². The van der Waals surface area contributed by atoms with Crippen molar-refractivity contribution in [1.29, 1.82) is 0 Å². The lowest BCUT2D eigenvalue weighted by atomic mass is 10.6. The van der Waals surface area contributed by atoms with Crippen LogP contribution in [0.15, 0.2) is 24.6 Å². The molecule has 0 aliphatic heterocycles. The van der Waals surface area contributed by atoms with Gasteiger partial charge in [-0.1, -0.05) is 11.4 Å². The maximum atomic E-state index is 6.40. The van der Waals surface area contributed by atoms with Crippen molar-refractivity contribution in [3.05, 3.63) is 24.6 Å². The second-order valence-corrected chi connectivity index (χ2v) is 17.1. The maximum absolute atomic E-state index is 6.40. The van der Waals surface area contributed by atoms with Crippen LogP contribution in [0, 0.1) is 0 Å². The van der Waals surface area contributed by atoms with Crippen LogP contribution in [0.5, 0.6) is 0 Å². The molecule has 0 aromatic rings. The first-order valence-corrected chi connectivity index (χ1v) is 15.5. The molecule has 0 heterocycles. The van der Waals surface area contributed by atoms with Crippen LogP contribution in [-0.2, 0) is 12.7 Å². The highest BCUT2D eigenvalue weighted by Crippen LogP contribution is 2.27. The summed E-state index contributed by atoms with van der Waals surface area (Å²) in [6, 6.07) is 0.749. The molecule has 7 heteroatoms. The van der Waals surface area contributed by atoms with E-state index in [-0.39, 0.29) is 0 Å². The number of halogens is 1. The molecule has 0 saturated carbocycles. The SMILES string of the molecule is C=C[Si](C)(C)O[Si](CCCCl)(OCC)O[Si](C)(C)C=C. The molecule has 0 atom stereocenters. The zero-order valence-electron chi connectivity index (χ0n) is 13.5. The van der Waals surface area contributed by atoms with Gasteiger partial charge < -0.3 is 12.7 Å². The van der Waals surface area contributed by atoms with Crippen molar-refractivity contribution in [3.63, 3.8) is 0 Å². The van der Waals surface area contributed by atoms with Gasteiger partial charge in [-0.05, 0) is 39.5 Å². The quantitative estimate of drug-likeness (QED) is 0.405. The molecule has 0 aromatic heterocycles. The minimum atomic E-state index is -2.73. The standard InChI is InChI=1S/C13H29ClO3Si3/c1-8-15-20(13-11-12-14,16-18(4,5)9-2)17-19(6,7)10-3/h9-10H,2-3,8,11-13H2,1,4-7H3. The first-order valence-electron chi connectivity index (χ1n) is 7.03. The van der Waals surface area contributed by atoms with Crippen molar-refractivity contribution >= 4 is 37.0 Å². The fourth-order valence-corrected chi connectivity index (χ4v) is 12.1. The third-order valence-electron chi connectivity index (χ3n) is 2.80. The molecule has 0 spiro atoms. The van der Waals surface area contributed by atoms with Crippen molar-refractivity contribution in [1.82, 2.24) is 0 Å². The molecule has 3 nitrogen and oxygen atoms in total. The van der Waals surface area contributed by atoms with E-state index in [1.54, 1.807) is 0 Å². The van der Waals surface area contributed by atoms with Gasteiger partial charge in [0.1, 0.15) is 0 Å². The van der Waals surface area contributed by atoms with E-state index < -0.39 is 25.4 Å². The second-order valence-electron chi connectivity index (χ2n) is 5.73. The Bertz CT molecular complexity index is 300. The lowest BCUT2D eigenvalue weighted by Gasteiger charge is -2.39. The lowest BCUT2D eigenvalue weighted by molar-refractivity contribution is 0.170. The zero-order chi connectivity index (χ0) is 15.9. The predicted octanol–water partition coefficient (Wildman–Crippen LogP) is 4.48. The fourth-order valence-electron chi connectivity index (χ4n) is 1.64. The van der Waals surface area contributed by atoms with Crippen molar-refractivity contribution in [2.45, 2.75) is 45.6 Å². The highest BCUT2D eigenvalue weighted by Gasteiger charge is 2.47. The summed E-state index contributed by atoms with van der Waals surface area (Å²) in [5, 5.41) is 0. The molecule has 20 heavy (non-hydrogen) atoms. The minimum absolute atomic E-state index is 0.581. The number of hydrogen-bond acceptors (Lipinski definition) is 3. The first kappa shape index (κ1) is 20.3. The van der Waals surface area contributed by atoms with E-state index >= 15 is 0 Å². The largest absolute Gasteiger partial charge is 0.480 e. The van der Waals surface area contributed by atoms with Crippen molar-refractivity contribution in [3.8, 4) is 0 Å². The molecule has 0 fully saturated rings. The van der Waals surface area contributed by atoms with Crippen LogP contribution in [0.3, 0.4) is 0 Å². The summed E-state index contributed by atoms with van der Waals surface area (Å²) >= 11 is 5.86. The monoisotopic (exact) mass is 352 g/mol. The van der Waals surface area contributed by atoms with Crippen LogP contribution in [0.2, 0.25) is 32.2 Å². The average Bonchev–Trinajstić information content (AvgIpc) is 2.36. The molecule has 0 saturated heterocycles. The summed E-state index contributed by atoms with van der Waals surface area (Å²) < 4.78 is 18.8. The smallest absolute Gasteiger partial charge is 0.412 e. The molecule has 0 radical (unpaired) electrons. The van der Waals surface area contributed by atoms with Gasteiger partial charge in [-0.3, -0.25) is 0 Å². The maximum Gasteiger partial charge on any atom is 0.480 e. The van der Waals surface area contributed by atoms with Gasteiger partial charge >= 0.3 is 8.80 Å². The van der Waals surface area contributed by atoms with Gasteiger partial charge in [-0.25, -0.2) is 0 Å². The van der Waals surface area contributed by atoms with Gasteiger partial charge in [0.15, 0.2) is 0 Å². The second kappa shape index (κ2) is 8.67. The summed E-state index contributed by atoms with van der Waals surface area (Å²) in [6.45, 7) is 18.7. The highest BCUT2D eigenvalue weighted by molar-refractivity contribution is 6.89. The van der Waals surface area contributed by atoms with E-state index in [4.69, 9.17) is 24.3 Å². The number of alkyl halides is 1. The van der Waals surface area contributed by atoms with E-state index in [9.17, 15) is 0 Å². The third-order valence-corrected chi connectivity index (χ3v) is 13.4. The normalized spacial score (nSPS) is 13.3. The Balaban J connectivity index is 5.32. The van der Waals surface area contributed by atoms with E-state index in [1.165, 1.54) is 0 Å². The Morgan fingerprint density at radius 1 is 1.00 bits per heavy atom. The Labute approximate surface area is 132 Å². The summed E-state index contributed by atoms with van der Waals surface area (Å²) in [6.07, 6.45) is 0.830.